The number of para-hydroxylation sites is 1. The predicted octanol–water partition coefficient (Wildman–Crippen LogP) is 6.48. The second-order valence-corrected chi connectivity index (χ2v) is 9.03. The highest BCUT2D eigenvalue weighted by molar-refractivity contribution is 7.13. The van der Waals surface area contributed by atoms with Gasteiger partial charge < -0.3 is 10.6 Å². The first-order chi connectivity index (χ1) is 14.7. The van der Waals surface area contributed by atoms with E-state index in [1.807, 2.05) is 24.6 Å². The summed E-state index contributed by atoms with van der Waals surface area (Å²) in [4.78, 5) is 14.3. The van der Waals surface area contributed by atoms with Crippen LogP contribution in [0.4, 0.5) is 10.8 Å². The lowest BCUT2D eigenvalue weighted by atomic mass is 9.73. The molecule has 0 amide bonds. The Labute approximate surface area is 183 Å². The van der Waals surface area contributed by atoms with Gasteiger partial charge in [-0.05, 0) is 37.3 Å². The zero-order chi connectivity index (χ0) is 20.9. The van der Waals surface area contributed by atoms with Gasteiger partial charge in [0.2, 0.25) is 5.96 Å². The smallest absolute Gasteiger partial charge is 0.202 e. The molecule has 1 saturated carbocycles. The quantitative estimate of drug-likeness (QED) is 0.365. The number of aromatic nitrogens is 2. The van der Waals surface area contributed by atoms with Crippen molar-refractivity contribution in [3.63, 3.8) is 0 Å². The number of hydrogen-bond donors (Lipinski definition) is 2. The predicted molar refractivity (Wildman–Crippen MR) is 128 cm³/mol. The van der Waals surface area contributed by atoms with E-state index >= 15 is 0 Å². The monoisotopic (exact) mass is 421 g/mol. The number of aliphatic imine (C=N–C) groups is 1. The van der Waals surface area contributed by atoms with Gasteiger partial charge in [-0.3, -0.25) is 4.98 Å². The maximum Gasteiger partial charge on any atom is 0.202 e. The average Bonchev–Trinajstić information content (AvgIpc) is 3.26. The number of benzene rings is 1. The fourth-order valence-corrected chi connectivity index (χ4v) is 5.32. The number of fused-ring (bicyclic) bond motifs is 1. The molecule has 2 aromatic heterocycles. The van der Waals surface area contributed by atoms with Crippen LogP contribution in [0.25, 0.3) is 10.9 Å². The third-order valence-corrected chi connectivity index (χ3v) is 6.91. The lowest BCUT2D eigenvalue weighted by molar-refractivity contribution is 0.194. The number of pyridine rings is 1. The molecular weight excluding hydrogens is 390 g/mol. The van der Waals surface area contributed by atoms with Crippen LogP contribution in [0.1, 0.15) is 51.6 Å². The van der Waals surface area contributed by atoms with Crippen molar-refractivity contribution < 1.29 is 0 Å². The van der Waals surface area contributed by atoms with Crippen LogP contribution >= 0.6 is 11.3 Å². The van der Waals surface area contributed by atoms with E-state index < -0.39 is 0 Å². The summed E-state index contributed by atoms with van der Waals surface area (Å²) in [7, 11) is 0. The molecule has 4 rings (SSSR count). The third kappa shape index (κ3) is 4.64. The van der Waals surface area contributed by atoms with Gasteiger partial charge in [0.15, 0.2) is 5.13 Å². The zero-order valence-electron chi connectivity index (χ0n) is 18.1. The minimum atomic E-state index is 0.331. The Hall–Kier alpha value is -2.47. The fourth-order valence-electron chi connectivity index (χ4n) is 4.79. The molecule has 0 bridgehead atoms. The molecule has 6 heteroatoms. The average molecular weight is 422 g/mol. The van der Waals surface area contributed by atoms with Crippen molar-refractivity contribution in [1.82, 2.24) is 9.97 Å². The van der Waals surface area contributed by atoms with Crippen molar-refractivity contribution in [3.05, 3.63) is 47.6 Å². The Balaban J connectivity index is 1.69. The Bertz CT molecular complexity index is 998. The number of rotatable bonds is 5. The van der Waals surface area contributed by atoms with Gasteiger partial charge in [-0.1, -0.05) is 57.7 Å². The molecule has 1 aliphatic rings. The maximum absolute atomic E-state index is 5.23. The van der Waals surface area contributed by atoms with Crippen molar-refractivity contribution in [1.29, 1.82) is 0 Å². The fraction of sp³-hybridized carbons (Fsp3) is 0.458. The molecule has 158 valence electrons. The molecule has 2 N–H and O–H groups in total. The number of aryl methyl sites for hydroxylation is 1. The van der Waals surface area contributed by atoms with Gasteiger partial charge >= 0.3 is 0 Å². The van der Waals surface area contributed by atoms with E-state index in [0.29, 0.717) is 12.0 Å². The van der Waals surface area contributed by atoms with Crippen molar-refractivity contribution in [3.8, 4) is 0 Å². The van der Waals surface area contributed by atoms with Crippen molar-refractivity contribution in [2.24, 2.45) is 16.8 Å². The first kappa shape index (κ1) is 20.8. The summed E-state index contributed by atoms with van der Waals surface area (Å²) < 4.78 is 0. The summed E-state index contributed by atoms with van der Waals surface area (Å²) in [6.45, 7) is 6.66. The van der Waals surface area contributed by atoms with E-state index in [1.54, 1.807) is 11.3 Å². The van der Waals surface area contributed by atoms with Crippen LogP contribution in [0.5, 0.6) is 0 Å². The van der Waals surface area contributed by atoms with Crippen LogP contribution in [0, 0.1) is 18.8 Å². The summed E-state index contributed by atoms with van der Waals surface area (Å²) in [6.07, 6.45) is 7.97. The first-order valence-corrected chi connectivity index (χ1v) is 11.9. The van der Waals surface area contributed by atoms with E-state index in [-0.39, 0.29) is 0 Å². The summed E-state index contributed by atoms with van der Waals surface area (Å²) in [6, 6.07) is 10.7. The Morgan fingerprint density at radius 2 is 2.03 bits per heavy atom. The van der Waals surface area contributed by atoms with Gasteiger partial charge in [0, 0.05) is 22.7 Å². The number of hydrogen-bond acceptors (Lipinski definition) is 4. The molecular formula is C24H31N5S. The first-order valence-electron chi connectivity index (χ1n) is 11.1. The topological polar surface area (TPSA) is 62.2 Å². The SMILES string of the molecule is CCC1CCCC(N=C(Nc2nccs2)Nc2cc(C)nc3ccccc23)C1CC. The van der Waals surface area contributed by atoms with Crippen LogP contribution in [-0.4, -0.2) is 22.0 Å². The van der Waals surface area contributed by atoms with Gasteiger partial charge in [0.05, 0.1) is 17.2 Å². The summed E-state index contributed by atoms with van der Waals surface area (Å²) in [5.41, 5.74) is 3.00. The molecule has 2 heterocycles. The lowest BCUT2D eigenvalue weighted by Gasteiger charge is -2.35. The highest BCUT2D eigenvalue weighted by Gasteiger charge is 2.31. The Morgan fingerprint density at radius 1 is 1.17 bits per heavy atom. The van der Waals surface area contributed by atoms with Gasteiger partial charge in [-0.2, -0.15) is 0 Å². The second kappa shape index (κ2) is 9.56. The van der Waals surface area contributed by atoms with Gasteiger partial charge in [-0.15, -0.1) is 11.3 Å². The van der Waals surface area contributed by atoms with Crippen LogP contribution in [0.3, 0.4) is 0 Å². The highest BCUT2D eigenvalue weighted by atomic mass is 32.1. The standard InChI is InChI=1S/C24H31N5S/c1-4-17-9-8-12-20(18(17)5-2)27-23(29-24-25-13-14-30-24)28-22-15-16(3)26-21-11-7-6-10-19(21)22/h6-7,10-11,13-15,17-18,20H,4-5,8-9,12H2,1-3H3,(H2,25,26,27,28,29). The second-order valence-electron chi connectivity index (χ2n) is 8.13. The largest absolute Gasteiger partial charge is 0.325 e. The normalized spacial score (nSPS) is 22.2. The van der Waals surface area contributed by atoms with Crippen LogP contribution in [0.15, 0.2) is 46.9 Å². The van der Waals surface area contributed by atoms with Gasteiger partial charge in [0.1, 0.15) is 0 Å². The van der Waals surface area contributed by atoms with E-state index in [1.165, 1.54) is 25.7 Å². The minimum Gasteiger partial charge on any atom is -0.325 e. The van der Waals surface area contributed by atoms with Crippen LogP contribution in [0.2, 0.25) is 0 Å². The molecule has 1 aromatic carbocycles. The third-order valence-electron chi connectivity index (χ3n) is 6.22. The Kier molecular flexibility index (Phi) is 6.62. The molecule has 1 aliphatic carbocycles. The molecule has 30 heavy (non-hydrogen) atoms. The van der Waals surface area contributed by atoms with Crippen LogP contribution in [-0.2, 0) is 0 Å². The van der Waals surface area contributed by atoms with E-state index in [0.717, 1.165) is 45.7 Å². The van der Waals surface area contributed by atoms with Crippen LogP contribution < -0.4 is 10.6 Å². The van der Waals surface area contributed by atoms with E-state index in [4.69, 9.17) is 4.99 Å². The van der Waals surface area contributed by atoms with Gasteiger partial charge in [0.25, 0.3) is 0 Å². The molecule has 0 radical (unpaired) electrons. The molecule has 3 unspecified atom stereocenters. The molecule has 1 fully saturated rings. The van der Waals surface area contributed by atoms with Gasteiger partial charge in [-0.25, -0.2) is 9.98 Å². The van der Waals surface area contributed by atoms with Crippen molar-refractivity contribution in [2.75, 3.05) is 10.6 Å². The summed E-state index contributed by atoms with van der Waals surface area (Å²) >= 11 is 1.59. The van der Waals surface area contributed by atoms with Crippen molar-refractivity contribution in [2.45, 2.75) is 58.9 Å². The number of guanidine groups is 1. The minimum absolute atomic E-state index is 0.331. The number of nitrogens with zero attached hydrogens (tertiary/aromatic N) is 3. The molecule has 3 atom stereocenters. The number of thiazole rings is 1. The molecule has 3 aromatic rings. The Morgan fingerprint density at radius 3 is 2.80 bits per heavy atom. The number of anilines is 2. The van der Waals surface area contributed by atoms with E-state index in [2.05, 4.69) is 58.7 Å². The molecule has 0 spiro atoms. The van der Waals surface area contributed by atoms with E-state index in [9.17, 15) is 0 Å². The van der Waals surface area contributed by atoms with Crippen molar-refractivity contribution >= 4 is 39.0 Å². The summed E-state index contributed by atoms with van der Waals surface area (Å²) in [5.74, 6) is 2.18. The lowest BCUT2D eigenvalue weighted by Crippen LogP contribution is -2.34. The number of nitrogens with one attached hydrogen (secondary N) is 2. The summed E-state index contributed by atoms with van der Waals surface area (Å²) in [5, 5.41) is 11.0. The highest BCUT2D eigenvalue weighted by Crippen LogP contribution is 2.36. The molecule has 5 nitrogen and oxygen atoms in total. The maximum atomic E-state index is 5.23. The zero-order valence-corrected chi connectivity index (χ0v) is 18.9. The molecule has 0 saturated heterocycles. The molecule has 0 aliphatic heterocycles.